The Morgan fingerprint density at radius 3 is 1.52 bits per heavy atom. The first-order chi connectivity index (χ1) is 27.7. The average Bonchev–Trinajstić information content (AvgIpc) is 3.30. The number of aliphatic imine (C=N–C) groups is 1. The SMILES string of the molecule is CC1=Nc2cc(-c3ccc4c(-c5cccc6ccccc56)c5ccccc5c(-c5cccc6ccccc56)c4c3)ccc2Cc2ccccc2-c2ccccc21. The van der Waals surface area contributed by atoms with Gasteiger partial charge in [0.1, 0.15) is 0 Å². The van der Waals surface area contributed by atoms with Crippen LogP contribution in [0, 0.1) is 0 Å². The van der Waals surface area contributed by atoms with Gasteiger partial charge in [-0.3, -0.25) is 4.99 Å². The zero-order valence-electron chi connectivity index (χ0n) is 31.1. The molecule has 0 bridgehead atoms. The largest absolute Gasteiger partial charge is 0.253 e. The average molecular weight is 712 g/mol. The van der Waals surface area contributed by atoms with Gasteiger partial charge in [-0.1, -0.05) is 182 Å². The lowest BCUT2D eigenvalue weighted by molar-refractivity contribution is 1.19. The van der Waals surface area contributed by atoms with Crippen LogP contribution in [0.4, 0.5) is 5.69 Å². The van der Waals surface area contributed by atoms with E-state index in [1.165, 1.54) is 98.7 Å². The Kier molecular flexibility index (Phi) is 7.53. The van der Waals surface area contributed by atoms with Gasteiger partial charge in [-0.05, 0) is 118 Å². The molecule has 0 aliphatic carbocycles. The van der Waals surface area contributed by atoms with Crippen molar-refractivity contribution in [1.29, 1.82) is 0 Å². The molecule has 0 spiro atoms. The Hall–Kier alpha value is -7.09. The Balaban J connectivity index is 1.19. The van der Waals surface area contributed by atoms with Crippen molar-refractivity contribution < 1.29 is 0 Å². The summed E-state index contributed by atoms with van der Waals surface area (Å²) in [5.74, 6) is 0. The number of nitrogens with zero attached hydrogens (tertiary/aromatic N) is 1. The van der Waals surface area contributed by atoms with Crippen molar-refractivity contribution >= 4 is 54.5 Å². The molecule has 10 aromatic carbocycles. The van der Waals surface area contributed by atoms with Crippen LogP contribution in [0.25, 0.3) is 87.6 Å². The Labute approximate surface area is 326 Å². The van der Waals surface area contributed by atoms with Crippen molar-refractivity contribution in [1.82, 2.24) is 0 Å². The van der Waals surface area contributed by atoms with Crippen LogP contribution in [0.3, 0.4) is 0 Å². The first kappa shape index (κ1) is 32.3. The monoisotopic (exact) mass is 711 g/mol. The molecule has 1 heterocycles. The molecular weight excluding hydrogens is 675 g/mol. The second kappa shape index (κ2) is 13.0. The highest BCUT2D eigenvalue weighted by atomic mass is 14.7. The molecule has 0 aromatic heterocycles. The fourth-order valence-electron chi connectivity index (χ4n) is 9.24. The number of fused-ring (bicyclic) bond motifs is 8. The highest BCUT2D eigenvalue weighted by Gasteiger charge is 2.21. The van der Waals surface area contributed by atoms with Crippen LogP contribution in [0.5, 0.6) is 0 Å². The number of hydrogen-bond donors (Lipinski definition) is 0. The third-order valence-electron chi connectivity index (χ3n) is 11.9. The van der Waals surface area contributed by atoms with Crippen molar-refractivity contribution in [3.63, 3.8) is 0 Å². The molecule has 0 N–H and O–H groups in total. The molecule has 0 saturated heterocycles. The van der Waals surface area contributed by atoms with Crippen LogP contribution < -0.4 is 0 Å². The molecule has 262 valence electrons. The van der Waals surface area contributed by atoms with E-state index in [1.54, 1.807) is 0 Å². The minimum Gasteiger partial charge on any atom is -0.253 e. The fourth-order valence-corrected chi connectivity index (χ4v) is 9.24. The standard InChI is InChI=1S/C55H37N/c1-35-42-19-8-9-23-46(42)45-22-7-4-16-40(45)32-41-29-28-39(34-53(41)56-35)38-30-31-51-52(33-38)55(48-27-13-18-37-15-3-6-21-44(37)48)50-25-11-10-24-49(50)54(51)47-26-12-17-36-14-2-5-20-43(36)47/h2-31,33-34H,32H2,1H3. The van der Waals surface area contributed by atoms with Gasteiger partial charge in [0.2, 0.25) is 0 Å². The van der Waals surface area contributed by atoms with E-state index in [0.717, 1.165) is 23.4 Å². The molecule has 0 atom stereocenters. The Morgan fingerprint density at radius 1 is 0.339 bits per heavy atom. The molecule has 1 aliphatic rings. The van der Waals surface area contributed by atoms with Crippen molar-refractivity contribution in [3.05, 3.63) is 211 Å². The van der Waals surface area contributed by atoms with E-state index >= 15 is 0 Å². The molecule has 0 radical (unpaired) electrons. The van der Waals surface area contributed by atoms with Gasteiger partial charge in [0, 0.05) is 17.7 Å². The van der Waals surface area contributed by atoms with Gasteiger partial charge in [0.05, 0.1) is 5.69 Å². The molecular formula is C55H37N. The first-order valence-corrected chi connectivity index (χ1v) is 19.5. The molecule has 0 saturated carbocycles. The minimum atomic E-state index is 0.820. The van der Waals surface area contributed by atoms with E-state index in [-0.39, 0.29) is 0 Å². The van der Waals surface area contributed by atoms with Crippen molar-refractivity contribution in [3.8, 4) is 44.5 Å². The Morgan fingerprint density at radius 2 is 0.821 bits per heavy atom. The molecule has 0 amide bonds. The molecule has 0 fully saturated rings. The molecule has 10 aromatic rings. The quantitative estimate of drug-likeness (QED) is 0.162. The summed E-state index contributed by atoms with van der Waals surface area (Å²) in [5.41, 5.74) is 15.7. The molecule has 1 nitrogen and oxygen atoms in total. The van der Waals surface area contributed by atoms with Crippen molar-refractivity contribution in [2.24, 2.45) is 4.99 Å². The van der Waals surface area contributed by atoms with Crippen molar-refractivity contribution in [2.75, 3.05) is 0 Å². The Bertz CT molecular complexity index is 3230. The van der Waals surface area contributed by atoms with Crippen LogP contribution in [-0.4, -0.2) is 5.71 Å². The van der Waals surface area contributed by atoms with Crippen molar-refractivity contribution in [2.45, 2.75) is 13.3 Å². The summed E-state index contributed by atoms with van der Waals surface area (Å²) in [4.78, 5) is 5.37. The van der Waals surface area contributed by atoms with Crippen LogP contribution >= 0.6 is 0 Å². The maximum atomic E-state index is 5.37. The van der Waals surface area contributed by atoms with E-state index in [9.17, 15) is 0 Å². The van der Waals surface area contributed by atoms with Gasteiger partial charge < -0.3 is 0 Å². The van der Waals surface area contributed by atoms with E-state index in [1.807, 2.05) is 0 Å². The second-order valence-corrected chi connectivity index (χ2v) is 15.0. The number of hydrogen-bond acceptors (Lipinski definition) is 1. The summed E-state index contributed by atoms with van der Waals surface area (Å²) in [6, 6.07) is 71.5. The second-order valence-electron chi connectivity index (χ2n) is 15.0. The highest BCUT2D eigenvalue weighted by molar-refractivity contribution is 6.25. The summed E-state index contributed by atoms with van der Waals surface area (Å²) in [5, 5.41) is 10.0. The maximum Gasteiger partial charge on any atom is 0.0674 e. The lowest BCUT2D eigenvalue weighted by Gasteiger charge is -2.20. The van der Waals surface area contributed by atoms with E-state index < -0.39 is 0 Å². The summed E-state index contributed by atoms with van der Waals surface area (Å²) < 4.78 is 0. The minimum absolute atomic E-state index is 0.820. The highest BCUT2D eigenvalue weighted by Crippen LogP contribution is 2.48. The lowest BCUT2D eigenvalue weighted by Crippen LogP contribution is -1.98. The van der Waals surface area contributed by atoms with Gasteiger partial charge in [0.15, 0.2) is 0 Å². The predicted molar refractivity (Wildman–Crippen MR) is 239 cm³/mol. The van der Waals surface area contributed by atoms with Gasteiger partial charge in [-0.25, -0.2) is 0 Å². The topological polar surface area (TPSA) is 12.4 Å². The fraction of sp³-hybridized carbons (Fsp3) is 0.0364. The smallest absolute Gasteiger partial charge is 0.0674 e. The van der Waals surface area contributed by atoms with Gasteiger partial charge in [-0.15, -0.1) is 0 Å². The van der Waals surface area contributed by atoms with Crippen LogP contribution in [-0.2, 0) is 6.42 Å². The zero-order valence-corrected chi connectivity index (χ0v) is 31.1. The normalized spacial score (nSPS) is 12.4. The zero-order chi connectivity index (χ0) is 37.2. The summed E-state index contributed by atoms with van der Waals surface area (Å²) in [6.07, 6.45) is 0.820. The maximum absolute atomic E-state index is 5.37. The molecule has 11 rings (SSSR count). The van der Waals surface area contributed by atoms with E-state index in [2.05, 4.69) is 201 Å². The summed E-state index contributed by atoms with van der Waals surface area (Å²) in [7, 11) is 0. The summed E-state index contributed by atoms with van der Waals surface area (Å²) in [6.45, 7) is 2.15. The van der Waals surface area contributed by atoms with Gasteiger partial charge in [-0.2, -0.15) is 0 Å². The first-order valence-electron chi connectivity index (χ1n) is 19.5. The van der Waals surface area contributed by atoms with Crippen LogP contribution in [0.15, 0.2) is 199 Å². The third-order valence-corrected chi connectivity index (χ3v) is 11.9. The number of benzene rings is 10. The molecule has 0 unspecified atom stereocenters. The van der Waals surface area contributed by atoms with Gasteiger partial charge in [0.25, 0.3) is 0 Å². The molecule has 1 heteroatoms. The van der Waals surface area contributed by atoms with E-state index in [4.69, 9.17) is 4.99 Å². The number of rotatable bonds is 3. The molecule has 56 heavy (non-hydrogen) atoms. The lowest BCUT2D eigenvalue weighted by atomic mass is 9.83. The van der Waals surface area contributed by atoms with Crippen LogP contribution in [0.1, 0.15) is 23.6 Å². The van der Waals surface area contributed by atoms with Crippen LogP contribution in [0.2, 0.25) is 0 Å². The summed E-state index contributed by atoms with van der Waals surface area (Å²) >= 11 is 0. The molecule has 1 aliphatic heterocycles. The van der Waals surface area contributed by atoms with Gasteiger partial charge >= 0.3 is 0 Å². The third kappa shape index (κ3) is 5.20. The predicted octanol–water partition coefficient (Wildman–Crippen LogP) is 15.0. The van der Waals surface area contributed by atoms with E-state index in [0.29, 0.717) is 0 Å².